The summed E-state index contributed by atoms with van der Waals surface area (Å²) in [7, 11) is 0. The molecule has 28 heavy (non-hydrogen) atoms. The van der Waals surface area contributed by atoms with Gasteiger partial charge in [-0.2, -0.15) is 0 Å². The number of anilines is 2. The van der Waals surface area contributed by atoms with Crippen molar-refractivity contribution in [2.24, 2.45) is 0 Å². The molecule has 1 aliphatic heterocycles. The quantitative estimate of drug-likeness (QED) is 0.701. The normalized spacial score (nSPS) is 15.0. The minimum atomic E-state index is -0.865. The third kappa shape index (κ3) is 4.12. The van der Waals surface area contributed by atoms with Crippen LogP contribution < -0.4 is 20.1 Å². The molecule has 0 aromatic heterocycles. The van der Waals surface area contributed by atoms with Crippen molar-refractivity contribution in [3.05, 3.63) is 78.9 Å². The number of amides is 2. The van der Waals surface area contributed by atoms with Crippen LogP contribution >= 0.6 is 0 Å². The van der Waals surface area contributed by atoms with Crippen molar-refractivity contribution in [3.63, 3.8) is 0 Å². The van der Waals surface area contributed by atoms with Crippen LogP contribution in [0.15, 0.2) is 78.9 Å². The first-order chi connectivity index (χ1) is 13.7. The average molecular weight is 374 g/mol. The fourth-order valence-electron chi connectivity index (χ4n) is 2.84. The van der Waals surface area contributed by atoms with E-state index in [0.29, 0.717) is 22.9 Å². The fourth-order valence-corrected chi connectivity index (χ4v) is 2.84. The first-order valence-corrected chi connectivity index (χ1v) is 8.87. The molecule has 0 saturated carbocycles. The van der Waals surface area contributed by atoms with Crippen LogP contribution in [0.4, 0.5) is 11.4 Å². The van der Waals surface area contributed by atoms with Gasteiger partial charge < -0.3 is 20.1 Å². The predicted molar refractivity (Wildman–Crippen MR) is 106 cm³/mol. The molecule has 0 saturated heterocycles. The summed E-state index contributed by atoms with van der Waals surface area (Å²) in [4.78, 5) is 24.4. The Morgan fingerprint density at radius 3 is 2.39 bits per heavy atom. The summed E-state index contributed by atoms with van der Waals surface area (Å²) in [5.41, 5.74) is 1.22. The van der Waals surface area contributed by atoms with Gasteiger partial charge in [0.1, 0.15) is 17.2 Å². The van der Waals surface area contributed by atoms with Crippen LogP contribution in [0, 0.1) is 0 Å². The number of fused-ring (bicyclic) bond motifs is 1. The Morgan fingerprint density at radius 1 is 0.929 bits per heavy atom. The largest absolute Gasteiger partial charge is 0.478 e. The lowest BCUT2D eigenvalue weighted by molar-refractivity contribution is -0.128. The molecule has 0 radical (unpaired) electrons. The number of nitrogens with one attached hydrogen (secondary N) is 2. The van der Waals surface area contributed by atoms with E-state index in [2.05, 4.69) is 10.6 Å². The summed E-state index contributed by atoms with van der Waals surface area (Å²) in [6.07, 6.45) is -0.946. The van der Waals surface area contributed by atoms with Crippen LogP contribution in [0.5, 0.6) is 17.2 Å². The molecule has 6 heteroatoms. The Balaban J connectivity index is 1.34. The zero-order valence-electron chi connectivity index (χ0n) is 14.9. The van der Waals surface area contributed by atoms with Gasteiger partial charge in [0.05, 0.1) is 12.1 Å². The molecule has 1 unspecified atom stereocenters. The van der Waals surface area contributed by atoms with Crippen molar-refractivity contribution in [2.75, 3.05) is 10.6 Å². The molecule has 3 aromatic carbocycles. The maximum atomic E-state index is 12.3. The van der Waals surface area contributed by atoms with Gasteiger partial charge in [-0.1, -0.05) is 30.3 Å². The van der Waals surface area contributed by atoms with Crippen molar-refractivity contribution < 1.29 is 19.1 Å². The second kappa shape index (κ2) is 7.84. The molecular formula is C22H18N2O4. The smallest absolute Gasteiger partial charge is 0.266 e. The molecule has 0 fully saturated rings. The number of benzene rings is 3. The van der Waals surface area contributed by atoms with Crippen LogP contribution in [0.3, 0.4) is 0 Å². The maximum absolute atomic E-state index is 12.3. The molecular weight excluding hydrogens is 356 g/mol. The Hall–Kier alpha value is -3.80. The minimum absolute atomic E-state index is 0.0809. The Kier molecular flexibility index (Phi) is 4.93. The van der Waals surface area contributed by atoms with Crippen molar-refractivity contribution in [1.29, 1.82) is 0 Å². The standard InChI is InChI=1S/C22H18N2O4/c25-21(14-20-22(26)24-18-8-4-5-9-19(18)28-20)23-15-10-12-17(13-11-15)27-16-6-2-1-3-7-16/h1-13,20H,14H2,(H,23,25)(H,24,26). The lowest BCUT2D eigenvalue weighted by Crippen LogP contribution is -2.39. The van der Waals surface area contributed by atoms with Gasteiger partial charge in [-0.05, 0) is 48.5 Å². The topological polar surface area (TPSA) is 76.7 Å². The van der Waals surface area contributed by atoms with Gasteiger partial charge in [0.2, 0.25) is 5.91 Å². The molecule has 2 N–H and O–H groups in total. The highest BCUT2D eigenvalue weighted by molar-refractivity contribution is 6.01. The third-order valence-electron chi connectivity index (χ3n) is 4.19. The summed E-state index contributed by atoms with van der Waals surface area (Å²) < 4.78 is 11.4. The average Bonchev–Trinajstić information content (AvgIpc) is 2.71. The number of hydrogen-bond acceptors (Lipinski definition) is 4. The van der Waals surface area contributed by atoms with Gasteiger partial charge in [0.25, 0.3) is 5.91 Å². The number of carbonyl (C=O) groups is 2. The summed E-state index contributed by atoms with van der Waals surface area (Å²) in [5, 5.41) is 5.52. The van der Waals surface area contributed by atoms with E-state index in [1.807, 2.05) is 36.4 Å². The summed E-state index contributed by atoms with van der Waals surface area (Å²) in [6, 6.07) is 23.6. The molecule has 2 amide bonds. The summed E-state index contributed by atoms with van der Waals surface area (Å²) in [6.45, 7) is 0. The molecule has 3 aromatic rings. The SMILES string of the molecule is O=C(CC1Oc2ccccc2NC1=O)Nc1ccc(Oc2ccccc2)cc1. The second-order valence-corrected chi connectivity index (χ2v) is 6.28. The van der Waals surface area contributed by atoms with Crippen LogP contribution in [0.1, 0.15) is 6.42 Å². The van der Waals surface area contributed by atoms with Crippen molar-refractivity contribution >= 4 is 23.2 Å². The number of hydrogen-bond donors (Lipinski definition) is 2. The van der Waals surface area contributed by atoms with Gasteiger partial charge in [-0.25, -0.2) is 0 Å². The molecule has 1 atom stereocenters. The van der Waals surface area contributed by atoms with E-state index in [4.69, 9.17) is 9.47 Å². The zero-order valence-corrected chi connectivity index (χ0v) is 14.9. The molecule has 6 nitrogen and oxygen atoms in total. The van der Waals surface area contributed by atoms with Crippen LogP contribution in [0.25, 0.3) is 0 Å². The highest BCUT2D eigenvalue weighted by atomic mass is 16.5. The van der Waals surface area contributed by atoms with Gasteiger partial charge in [-0.15, -0.1) is 0 Å². The summed E-state index contributed by atoms with van der Waals surface area (Å²) in [5.74, 6) is 1.31. The number of carbonyl (C=O) groups excluding carboxylic acids is 2. The minimum Gasteiger partial charge on any atom is -0.478 e. The lowest BCUT2D eigenvalue weighted by atomic mass is 10.1. The first-order valence-electron chi connectivity index (χ1n) is 8.87. The van der Waals surface area contributed by atoms with E-state index in [1.165, 1.54) is 0 Å². The third-order valence-corrected chi connectivity index (χ3v) is 4.19. The van der Waals surface area contributed by atoms with Gasteiger partial charge in [-0.3, -0.25) is 9.59 Å². The van der Waals surface area contributed by atoms with Crippen LogP contribution in [-0.4, -0.2) is 17.9 Å². The molecule has 0 spiro atoms. The van der Waals surface area contributed by atoms with E-state index in [1.54, 1.807) is 42.5 Å². The van der Waals surface area contributed by atoms with E-state index < -0.39 is 6.10 Å². The van der Waals surface area contributed by atoms with Gasteiger partial charge >= 0.3 is 0 Å². The Labute approximate surface area is 162 Å². The lowest BCUT2D eigenvalue weighted by Gasteiger charge is -2.25. The first kappa shape index (κ1) is 17.6. The van der Waals surface area contributed by atoms with Gasteiger partial charge in [0.15, 0.2) is 6.10 Å². The van der Waals surface area contributed by atoms with E-state index in [-0.39, 0.29) is 18.2 Å². The van der Waals surface area contributed by atoms with E-state index in [9.17, 15) is 9.59 Å². The number of para-hydroxylation sites is 3. The van der Waals surface area contributed by atoms with Crippen LogP contribution in [0.2, 0.25) is 0 Å². The van der Waals surface area contributed by atoms with Crippen molar-refractivity contribution in [3.8, 4) is 17.2 Å². The summed E-state index contributed by atoms with van der Waals surface area (Å²) >= 11 is 0. The molecule has 1 aliphatic rings. The van der Waals surface area contributed by atoms with E-state index in [0.717, 1.165) is 5.75 Å². The molecule has 0 aliphatic carbocycles. The Bertz CT molecular complexity index is 987. The van der Waals surface area contributed by atoms with Crippen molar-refractivity contribution in [2.45, 2.75) is 12.5 Å². The second-order valence-electron chi connectivity index (χ2n) is 6.28. The monoisotopic (exact) mass is 374 g/mol. The highest BCUT2D eigenvalue weighted by Gasteiger charge is 2.29. The highest BCUT2D eigenvalue weighted by Crippen LogP contribution is 2.29. The van der Waals surface area contributed by atoms with Gasteiger partial charge in [0, 0.05) is 5.69 Å². The molecule has 0 bridgehead atoms. The maximum Gasteiger partial charge on any atom is 0.266 e. The number of rotatable bonds is 5. The van der Waals surface area contributed by atoms with Crippen molar-refractivity contribution in [1.82, 2.24) is 0 Å². The Morgan fingerprint density at radius 2 is 1.61 bits per heavy atom. The van der Waals surface area contributed by atoms with E-state index >= 15 is 0 Å². The molecule has 1 heterocycles. The molecule has 140 valence electrons. The zero-order chi connectivity index (χ0) is 19.3. The molecule has 4 rings (SSSR count). The predicted octanol–water partition coefficient (Wildman–Crippen LogP) is 4.21. The fraction of sp³-hybridized carbons (Fsp3) is 0.0909. The van der Waals surface area contributed by atoms with Crippen LogP contribution in [-0.2, 0) is 9.59 Å². The number of ether oxygens (including phenoxy) is 2.